The minimum Gasteiger partial charge on any atom is -0.330 e. The van der Waals surface area contributed by atoms with Crippen LogP contribution >= 0.6 is 11.6 Å². The molecule has 0 aliphatic rings. The maximum Gasteiger partial charge on any atom is 0.417 e. The summed E-state index contributed by atoms with van der Waals surface area (Å²) in [6.45, 7) is 0.597. The normalized spacial score (nSPS) is 11.9. The van der Waals surface area contributed by atoms with Gasteiger partial charge in [-0.05, 0) is 44.0 Å². The summed E-state index contributed by atoms with van der Waals surface area (Å²) in [6.07, 6.45) is -0.468. The Morgan fingerprint density at radius 1 is 1.24 bits per heavy atom. The fourth-order valence-electron chi connectivity index (χ4n) is 1.86. The minimum absolute atomic E-state index is 0.268. The lowest BCUT2D eigenvalue weighted by molar-refractivity contribution is -0.137. The molecule has 114 valence electrons. The van der Waals surface area contributed by atoms with E-state index in [1.165, 1.54) is 16.8 Å². The molecule has 2 rings (SSSR count). The number of benzene rings is 1. The van der Waals surface area contributed by atoms with Crippen LogP contribution in [0.3, 0.4) is 0 Å². The largest absolute Gasteiger partial charge is 0.417 e. The van der Waals surface area contributed by atoms with E-state index in [4.69, 9.17) is 17.3 Å². The summed E-state index contributed by atoms with van der Waals surface area (Å²) in [6, 6.07) is 3.63. The van der Waals surface area contributed by atoms with Gasteiger partial charge in [-0.2, -0.15) is 13.2 Å². The lowest BCUT2D eigenvalue weighted by Crippen LogP contribution is -2.07. The summed E-state index contributed by atoms with van der Waals surface area (Å²) in [5.74, 6) is 0. The molecule has 0 saturated heterocycles. The molecule has 4 nitrogen and oxygen atoms in total. The Labute approximate surface area is 124 Å². The SMILES string of the molecule is NCCCCc1cn(-c2ccc(Cl)c(C(F)(F)F)c2)nn1. The lowest BCUT2D eigenvalue weighted by atomic mass is 10.2. The van der Waals surface area contributed by atoms with E-state index in [0.717, 1.165) is 18.9 Å². The predicted octanol–water partition coefficient (Wildman–Crippen LogP) is 3.22. The zero-order chi connectivity index (χ0) is 15.5. The third-order valence-corrected chi connectivity index (χ3v) is 3.28. The highest BCUT2D eigenvalue weighted by atomic mass is 35.5. The molecular formula is C13H14ClF3N4. The van der Waals surface area contributed by atoms with Gasteiger partial charge in [0.15, 0.2) is 0 Å². The highest BCUT2D eigenvalue weighted by Gasteiger charge is 2.33. The first-order chi connectivity index (χ1) is 9.91. The van der Waals surface area contributed by atoms with Crippen molar-refractivity contribution in [3.05, 3.63) is 40.7 Å². The average Bonchev–Trinajstić information content (AvgIpc) is 2.87. The second-order valence-corrected chi connectivity index (χ2v) is 4.97. The molecule has 2 N–H and O–H groups in total. The second-order valence-electron chi connectivity index (χ2n) is 4.56. The maximum atomic E-state index is 12.8. The predicted molar refractivity (Wildman–Crippen MR) is 73.4 cm³/mol. The monoisotopic (exact) mass is 318 g/mol. The molecule has 0 spiro atoms. The van der Waals surface area contributed by atoms with Gasteiger partial charge in [-0.15, -0.1) is 5.10 Å². The number of alkyl halides is 3. The molecule has 0 amide bonds. The van der Waals surface area contributed by atoms with Crippen LogP contribution < -0.4 is 5.73 Å². The summed E-state index contributed by atoms with van der Waals surface area (Å²) in [5.41, 5.74) is 5.50. The van der Waals surface area contributed by atoms with Crippen LogP contribution in [0.2, 0.25) is 5.02 Å². The Balaban J connectivity index is 2.22. The van der Waals surface area contributed by atoms with E-state index in [2.05, 4.69) is 10.3 Å². The van der Waals surface area contributed by atoms with Gasteiger partial charge in [-0.25, -0.2) is 4.68 Å². The number of nitrogens with zero attached hydrogens (tertiary/aromatic N) is 3. The number of nitrogens with two attached hydrogens (primary N) is 1. The number of halogens is 4. The van der Waals surface area contributed by atoms with Crippen LogP contribution in [0.1, 0.15) is 24.1 Å². The van der Waals surface area contributed by atoms with Crippen molar-refractivity contribution in [1.29, 1.82) is 0 Å². The number of rotatable bonds is 5. The highest BCUT2D eigenvalue weighted by molar-refractivity contribution is 6.31. The first-order valence-electron chi connectivity index (χ1n) is 6.40. The molecular weight excluding hydrogens is 305 g/mol. The molecule has 0 saturated carbocycles. The number of aromatic nitrogens is 3. The van der Waals surface area contributed by atoms with E-state index in [1.807, 2.05) is 0 Å². The van der Waals surface area contributed by atoms with Crippen LogP contribution in [-0.4, -0.2) is 21.5 Å². The number of hydrogen-bond donors (Lipinski definition) is 1. The molecule has 0 atom stereocenters. The summed E-state index contributed by atoms with van der Waals surface area (Å²) < 4.78 is 39.7. The molecule has 1 aromatic carbocycles. The number of unbranched alkanes of at least 4 members (excludes halogenated alkanes) is 1. The van der Waals surface area contributed by atoms with E-state index >= 15 is 0 Å². The van der Waals surface area contributed by atoms with Crippen LogP contribution in [0.25, 0.3) is 5.69 Å². The van der Waals surface area contributed by atoms with Gasteiger partial charge in [-0.3, -0.25) is 0 Å². The second kappa shape index (κ2) is 6.44. The molecule has 0 bridgehead atoms. The van der Waals surface area contributed by atoms with Crippen molar-refractivity contribution in [3.8, 4) is 5.69 Å². The third-order valence-electron chi connectivity index (χ3n) is 2.95. The van der Waals surface area contributed by atoms with Crippen LogP contribution in [0.15, 0.2) is 24.4 Å². The van der Waals surface area contributed by atoms with Gasteiger partial charge >= 0.3 is 6.18 Å². The summed E-state index contributed by atoms with van der Waals surface area (Å²) >= 11 is 5.58. The highest BCUT2D eigenvalue weighted by Crippen LogP contribution is 2.35. The molecule has 21 heavy (non-hydrogen) atoms. The van der Waals surface area contributed by atoms with Gasteiger partial charge in [0.05, 0.1) is 28.2 Å². The van der Waals surface area contributed by atoms with Gasteiger partial charge in [-0.1, -0.05) is 16.8 Å². The van der Waals surface area contributed by atoms with Crippen LogP contribution in [0, 0.1) is 0 Å². The van der Waals surface area contributed by atoms with Crippen molar-refractivity contribution >= 4 is 11.6 Å². The molecule has 0 unspecified atom stereocenters. The van der Waals surface area contributed by atoms with E-state index in [1.54, 1.807) is 6.20 Å². The Morgan fingerprint density at radius 3 is 2.67 bits per heavy atom. The van der Waals surface area contributed by atoms with E-state index in [-0.39, 0.29) is 10.7 Å². The van der Waals surface area contributed by atoms with Gasteiger partial charge in [0.2, 0.25) is 0 Å². The summed E-state index contributed by atoms with van der Waals surface area (Å²) in [5, 5.41) is 7.44. The average molecular weight is 319 g/mol. The van der Waals surface area contributed by atoms with Gasteiger partial charge < -0.3 is 5.73 Å². The van der Waals surface area contributed by atoms with E-state index in [0.29, 0.717) is 18.7 Å². The van der Waals surface area contributed by atoms with Gasteiger partial charge in [0, 0.05) is 0 Å². The Kier molecular flexibility index (Phi) is 4.84. The number of aryl methyl sites for hydroxylation is 1. The smallest absolute Gasteiger partial charge is 0.330 e. The van der Waals surface area contributed by atoms with Gasteiger partial charge in [0.1, 0.15) is 0 Å². The third kappa shape index (κ3) is 3.95. The maximum absolute atomic E-state index is 12.8. The van der Waals surface area contributed by atoms with Crippen LogP contribution in [0.5, 0.6) is 0 Å². The van der Waals surface area contributed by atoms with Crippen molar-refractivity contribution in [2.45, 2.75) is 25.4 Å². The van der Waals surface area contributed by atoms with E-state index < -0.39 is 11.7 Å². The summed E-state index contributed by atoms with van der Waals surface area (Å²) in [4.78, 5) is 0. The topological polar surface area (TPSA) is 56.7 Å². The van der Waals surface area contributed by atoms with Crippen molar-refractivity contribution in [1.82, 2.24) is 15.0 Å². The molecule has 2 aromatic rings. The van der Waals surface area contributed by atoms with E-state index in [9.17, 15) is 13.2 Å². The Bertz CT molecular complexity index is 610. The van der Waals surface area contributed by atoms with Crippen molar-refractivity contribution in [2.24, 2.45) is 5.73 Å². The van der Waals surface area contributed by atoms with Crippen LogP contribution in [-0.2, 0) is 12.6 Å². The zero-order valence-corrected chi connectivity index (χ0v) is 11.8. The van der Waals surface area contributed by atoms with Crippen molar-refractivity contribution in [3.63, 3.8) is 0 Å². The molecule has 8 heteroatoms. The lowest BCUT2D eigenvalue weighted by Gasteiger charge is -2.10. The van der Waals surface area contributed by atoms with Crippen molar-refractivity contribution < 1.29 is 13.2 Å². The fraction of sp³-hybridized carbons (Fsp3) is 0.385. The van der Waals surface area contributed by atoms with Crippen molar-refractivity contribution in [2.75, 3.05) is 6.54 Å². The Hall–Kier alpha value is -1.60. The molecule has 0 fully saturated rings. The first-order valence-corrected chi connectivity index (χ1v) is 6.78. The molecule has 0 radical (unpaired) electrons. The summed E-state index contributed by atoms with van der Waals surface area (Å²) in [7, 11) is 0. The molecule has 1 heterocycles. The number of hydrogen-bond acceptors (Lipinski definition) is 3. The quantitative estimate of drug-likeness (QED) is 0.861. The zero-order valence-electron chi connectivity index (χ0n) is 11.1. The molecule has 1 aromatic heterocycles. The van der Waals surface area contributed by atoms with Crippen LogP contribution in [0.4, 0.5) is 13.2 Å². The molecule has 0 aliphatic carbocycles. The minimum atomic E-state index is -4.50. The molecule has 0 aliphatic heterocycles. The first kappa shape index (κ1) is 15.8. The standard InChI is InChI=1S/C13H14ClF3N4/c14-12-5-4-10(7-11(12)13(15,16)17)21-8-9(19-20-21)3-1-2-6-18/h4-5,7-8H,1-3,6,18H2. The Morgan fingerprint density at radius 2 is 2.00 bits per heavy atom. The van der Waals surface area contributed by atoms with Gasteiger partial charge in [0.25, 0.3) is 0 Å². The fourth-order valence-corrected chi connectivity index (χ4v) is 2.09.